The van der Waals surface area contributed by atoms with Gasteiger partial charge >= 0.3 is 0 Å². The lowest BCUT2D eigenvalue weighted by molar-refractivity contribution is 1.33. The van der Waals surface area contributed by atoms with Gasteiger partial charge in [-0.3, -0.25) is 0 Å². The molecule has 0 spiro atoms. The summed E-state index contributed by atoms with van der Waals surface area (Å²) in [5.41, 5.74) is 2.09. The molecule has 0 atom stereocenters. The van der Waals surface area contributed by atoms with Crippen molar-refractivity contribution in [3.63, 3.8) is 0 Å². The van der Waals surface area contributed by atoms with E-state index in [-0.39, 0.29) is 0 Å². The molecule has 0 saturated carbocycles. The SMILES string of the molecule is Cc1c(Cl)cc(CCl)cc1Br. The van der Waals surface area contributed by atoms with Gasteiger partial charge in [-0.15, -0.1) is 11.6 Å². The zero-order chi connectivity index (χ0) is 8.43. The smallest absolute Gasteiger partial charge is 0.0474 e. The first kappa shape index (κ1) is 9.37. The fourth-order valence-corrected chi connectivity index (χ4v) is 1.79. The van der Waals surface area contributed by atoms with Gasteiger partial charge in [0.05, 0.1) is 0 Å². The number of rotatable bonds is 1. The Balaban J connectivity index is 3.21. The van der Waals surface area contributed by atoms with Gasteiger partial charge in [0.2, 0.25) is 0 Å². The summed E-state index contributed by atoms with van der Waals surface area (Å²) in [6.45, 7) is 1.96. The number of hydrogen-bond donors (Lipinski definition) is 0. The molecule has 0 saturated heterocycles. The fourth-order valence-electron chi connectivity index (χ4n) is 0.775. The van der Waals surface area contributed by atoms with E-state index in [0.717, 1.165) is 20.6 Å². The maximum atomic E-state index is 5.91. The Morgan fingerprint density at radius 2 is 2.09 bits per heavy atom. The van der Waals surface area contributed by atoms with Crippen molar-refractivity contribution in [3.8, 4) is 0 Å². The molecule has 0 radical (unpaired) electrons. The number of halogens is 3. The molecule has 1 aromatic carbocycles. The highest BCUT2D eigenvalue weighted by Gasteiger charge is 2.01. The first-order valence-corrected chi connectivity index (χ1v) is 4.86. The van der Waals surface area contributed by atoms with Crippen LogP contribution in [0.2, 0.25) is 5.02 Å². The van der Waals surface area contributed by atoms with E-state index in [0.29, 0.717) is 5.88 Å². The Hall–Kier alpha value is 0.280. The fraction of sp³-hybridized carbons (Fsp3) is 0.250. The van der Waals surface area contributed by atoms with Gasteiger partial charge in [0.25, 0.3) is 0 Å². The highest BCUT2D eigenvalue weighted by molar-refractivity contribution is 9.10. The van der Waals surface area contributed by atoms with Crippen LogP contribution in [0.3, 0.4) is 0 Å². The second-order valence-corrected chi connectivity index (χ2v) is 3.85. The standard InChI is InChI=1S/C8H7BrCl2/c1-5-7(9)2-6(4-10)3-8(5)11/h2-3H,4H2,1H3. The van der Waals surface area contributed by atoms with Crippen molar-refractivity contribution >= 4 is 39.1 Å². The van der Waals surface area contributed by atoms with Crippen molar-refractivity contribution in [1.82, 2.24) is 0 Å². The van der Waals surface area contributed by atoms with Crippen molar-refractivity contribution in [2.24, 2.45) is 0 Å². The molecule has 0 aliphatic carbocycles. The minimum absolute atomic E-state index is 0.499. The zero-order valence-electron chi connectivity index (χ0n) is 6.00. The number of hydrogen-bond acceptors (Lipinski definition) is 0. The summed E-state index contributed by atoms with van der Waals surface area (Å²) in [6.07, 6.45) is 0. The molecular weight excluding hydrogens is 247 g/mol. The van der Waals surface area contributed by atoms with Crippen molar-refractivity contribution in [3.05, 3.63) is 32.8 Å². The van der Waals surface area contributed by atoms with Gasteiger partial charge in [0.15, 0.2) is 0 Å². The van der Waals surface area contributed by atoms with Crippen LogP contribution in [0.15, 0.2) is 16.6 Å². The molecule has 0 fully saturated rings. The predicted octanol–water partition coefficient (Wildman–Crippen LogP) is 4.15. The Bertz CT molecular complexity index is 248. The van der Waals surface area contributed by atoms with Crippen LogP contribution in [0.1, 0.15) is 11.1 Å². The molecule has 0 aliphatic rings. The van der Waals surface area contributed by atoms with Crippen LogP contribution in [0.4, 0.5) is 0 Å². The third kappa shape index (κ3) is 2.11. The van der Waals surface area contributed by atoms with E-state index in [9.17, 15) is 0 Å². The van der Waals surface area contributed by atoms with Gasteiger partial charge in [-0.05, 0) is 30.2 Å². The molecule has 60 valence electrons. The summed E-state index contributed by atoms with van der Waals surface area (Å²) >= 11 is 14.9. The second-order valence-electron chi connectivity index (χ2n) is 2.32. The molecule has 0 nitrogen and oxygen atoms in total. The Kier molecular flexibility index (Phi) is 3.23. The van der Waals surface area contributed by atoms with E-state index in [4.69, 9.17) is 23.2 Å². The van der Waals surface area contributed by atoms with Crippen LogP contribution >= 0.6 is 39.1 Å². The molecule has 0 N–H and O–H groups in total. The summed E-state index contributed by atoms with van der Waals surface area (Å²) in [5.74, 6) is 0.499. The van der Waals surface area contributed by atoms with Crippen LogP contribution in [0, 0.1) is 6.92 Å². The lowest BCUT2D eigenvalue weighted by Gasteiger charge is -2.03. The Labute approximate surface area is 84.6 Å². The van der Waals surface area contributed by atoms with Gasteiger partial charge in [-0.1, -0.05) is 27.5 Å². The van der Waals surface area contributed by atoms with Crippen molar-refractivity contribution in [2.75, 3.05) is 0 Å². The lowest BCUT2D eigenvalue weighted by Crippen LogP contribution is -1.83. The summed E-state index contributed by atoms with van der Waals surface area (Å²) in [5, 5.41) is 0.759. The van der Waals surface area contributed by atoms with Crippen LogP contribution in [-0.2, 0) is 5.88 Å². The molecule has 11 heavy (non-hydrogen) atoms. The van der Waals surface area contributed by atoms with E-state index >= 15 is 0 Å². The molecule has 0 unspecified atom stereocenters. The molecule has 1 aromatic rings. The lowest BCUT2D eigenvalue weighted by atomic mass is 10.2. The average Bonchev–Trinajstić information content (AvgIpc) is 1.99. The van der Waals surface area contributed by atoms with Crippen LogP contribution in [-0.4, -0.2) is 0 Å². The van der Waals surface area contributed by atoms with E-state index in [2.05, 4.69) is 15.9 Å². The summed E-state index contributed by atoms with van der Waals surface area (Å²) in [4.78, 5) is 0. The van der Waals surface area contributed by atoms with Crippen LogP contribution in [0.25, 0.3) is 0 Å². The van der Waals surface area contributed by atoms with Gasteiger partial charge in [0.1, 0.15) is 0 Å². The van der Waals surface area contributed by atoms with Crippen LogP contribution in [0.5, 0.6) is 0 Å². The van der Waals surface area contributed by atoms with Gasteiger partial charge in [-0.2, -0.15) is 0 Å². The minimum Gasteiger partial charge on any atom is -0.122 e. The highest BCUT2D eigenvalue weighted by atomic mass is 79.9. The summed E-state index contributed by atoms with van der Waals surface area (Å²) in [6, 6.07) is 3.86. The molecule has 0 aromatic heterocycles. The largest absolute Gasteiger partial charge is 0.122 e. The minimum atomic E-state index is 0.499. The maximum Gasteiger partial charge on any atom is 0.0474 e. The molecule has 0 aliphatic heterocycles. The highest BCUT2D eigenvalue weighted by Crippen LogP contribution is 2.26. The first-order valence-electron chi connectivity index (χ1n) is 3.15. The molecule has 0 heterocycles. The zero-order valence-corrected chi connectivity index (χ0v) is 9.09. The molecule has 3 heteroatoms. The second kappa shape index (κ2) is 3.79. The first-order chi connectivity index (χ1) is 5.15. The van der Waals surface area contributed by atoms with Crippen LogP contribution < -0.4 is 0 Å². The summed E-state index contributed by atoms with van der Waals surface area (Å²) in [7, 11) is 0. The number of benzene rings is 1. The van der Waals surface area contributed by atoms with E-state index in [1.807, 2.05) is 19.1 Å². The normalized spacial score (nSPS) is 10.2. The maximum absolute atomic E-state index is 5.91. The van der Waals surface area contributed by atoms with Gasteiger partial charge < -0.3 is 0 Å². The molecule has 0 amide bonds. The van der Waals surface area contributed by atoms with Gasteiger partial charge in [-0.25, -0.2) is 0 Å². The quantitative estimate of drug-likeness (QED) is 0.660. The third-order valence-corrected chi connectivity index (χ3v) is 3.02. The van der Waals surface area contributed by atoms with E-state index in [1.54, 1.807) is 0 Å². The molecular formula is C8H7BrCl2. The van der Waals surface area contributed by atoms with Crippen molar-refractivity contribution in [2.45, 2.75) is 12.8 Å². The monoisotopic (exact) mass is 252 g/mol. The topological polar surface area (TPSA) is 0 Å². The van der Waals surface area contributed by atoms with Gasteiger partial charge in [0, 0.05) is 15.4 Å². The molecule has 0 bridgehead atoms. The van der Waals surface area contributed by atoms with Crippen molar-refractivity contribution in [1.29, 1.82) is 0 Å². The van der Waals surface area contributed by atoms with Crippen molar-refractivity contribution < 1.29 is 0 Å². The number of alkyl halides is 1. The van der Waals surface area contributed by atoms with E-state index in [1.165, 1.54) is 0 Å². The molecule has 1 rings (SSSR count). The average molecular weight is 254 g/mol. The summed E-state index contributed by atoms with van der Waals surface area (Å²) < 4.78 is 1.01. The third-order valence-electron chi connectivity index (χ3n) is 1.50. The van der Waals surface area contributed by atoms with E-state index < -0.39 is 0 Å². The predicted molar refractivity (Wildman–Crippen MR) is 53.4 cm³/mol. The Morgan fingerprint density at radius 1 is 1.45 bits per heavy atom. The Morgan fingerprint density at radius 3 is 2.55 bits per heavy atom.